The molecule has 4 nitrogen and oxygen atoms in total. The van der Waals surface area contributed by atoms with E-state index >= 15 is 0 Å². The fourth-order valence-electron chi connectivity index (χ4n) is 2.22. The highest BCUT2D eigenvalue weighted by Crippen LogP contribution is 2.21. The highest BCUT2D eigenvalue weighted by atomic mass is 16.5. The fourth-order valence-corrected chi connectivity index (χ4v) is 2.22. The number of anilines is 1. The van der Waals surface area contributed by atoms with Gasteiger partial charge in [-0.2, -0.15) is 0 Å². The van der Waals surface area contributed by atoms with Gasteiger partial charge in [0.2, 0.25) is 0 Å². The van der Waals surface area contributed by atoms with Crippen LogP contribution in [0.25, 0.3) is 11.3 Å². The van der Waals surface area contributed by atoms with Crippen LogP contribution in [0.3, 0.4) is 0 Å². The van der Waals surface area contributed by atoms with Crippen LogP contribution in [0.15, 0.2) is 72.9 Å². The van der Waals surface area contributed by atoms with Gasteiger partial charge in [-0.1, -0.05) is 18.2 Å². The highest BCUT2D eigenvalue weighted by Gasteiger charge is 2.08. The molecule has 0 aliphatic rings. The van der Waals surface area contributed by atoms with E-state index in [0.717, 1.165) is 22.7 Å². The first-order valence-electron chi connectivity index (χ1n) is 7.23. The Balaban J connectivity index is 1.82. The third-order valence-electron chi connectivity index (χ3n) is 3.44. The zero-order valence-corrected chi connectivity index (χ0v) is 12.7. The highest BCUT2D eigenvalue weighted by molar-refractivity contribution is 6.04. The van der Waals surface area contributed by atoms with Gasteiger partial charge in [0.15, 0.2) is 0 Å². The van der Waals surface area contributed by atoms with E-state index in [0.29, 0.717) is 5.56 Å². The Morgan fingerprint density at radius 1 is 1.00 bits per heavy atom. The summed E-state index contributed by atoms with van der Waals surface area (Å²) in [5.41, 5.74) is 3.00. The number of hydrogen-bond donors (Lipinski definition) is 1. The molecule has 1 heterocycles. The SMILES string of the molecule is COc1ccc(-c2cc(C(=O)Nc3ccccc3)ccn2)cc1. The van der Waals surface area contributed by atoms with Crippen molar-refractivity contribution in [2.45, 2.75) is 0 Å². The standard InChI is InChI=1S/C19H16N2O2/c1-23-17-9-7-14(8-10-17)18-13-15(11-12-20-18)19(22)21-16-5-3-2-4-6-16/h2-13H,1H3,(H,21,22). The summed E-state index contributed by atoms with van der Waals surface area (Å²) in [5, 5.41) is 2.87. The summed E-state index contributed by atoms with van der Waals surface area (Å²) in [5.74, 6) is 0.625. The summed E-state index contributed by atoms with van der Waals surface area (Å²) in [4.78, 5) is 16.7. The minimum atomic E-state index is -0.159. The van der Waals surface area contributed by atoms with Crippen molar-refractivity contribution in [1.29, 1.82) is 0 Å². The maximum Gasteiger partial charge on any atom is 0.255 e. The Morgan fingerprint density at radius 2 is 1.74 bits per heavy atom. The number of carbonyl (C=O) groups excluding carboxylic acids is 1. The van der Waals surface area contributed by atoms with Crippen molar-refractivity contribution in [2.24, 2.45) is 0 Å². The largest absolute Gasteiger partial charge is 0.497 e. The molecule has 0 aliphatic carbocycles. The molecule has 0 aliphatic heterocycles. The third kappa shape index (κ3) is 3.55. The van der Waals surface area contributed by atoms with E-state index < -0.39 is 0 Å². The lowest BCUT2D eigenvalue weighted by Gasteiger charge is -2.07. The number of carbonyl (C=O) groups is 1. The molecule has 1 aromatic heterocycles. The van der Waals surface area contributed by atoms with E-state index in [1.54, 1.807) is 25.4 Å². The van der Waals surface area contributed by atoms with E-state index in [1.807, 2.05) is 54.6 Å². The van der Waals surface area contributed by atoms with Crippen LogP contribution in [0.4, 0.5) is 5.69 Å². The summed E-state index contributed by atoms with van der Waals surface area (Å²) in [6, 6.07) is 20.4. The molecule has 0 radical (unpaired) electrons. The lowest BCUT2D eigenvalue weighted by molar-refractivity contribution is 0.102. The van der Waals surface area contributed by atoms with Crippen molar-refractivity contribution in [3.8, 4) is 17.0 Å². The molecule has 0 atom stereocenters. The number of hydrogen-bond acceptors (Lipinski definition) is 3. The van der Waals surface area contributed by atoms with Crippen molar-refractivity contribution >= 4 is 11.6 Å². The van der Waals surface area contributed by atoms with E-state index in [2.05, 4.69) is 10.3 Å². The Morgan fingerprint density at radius 3 is 2.43 bits per heavy atom. The molecule has 4 heteroatoms. The second kappa shape index (κ2) is 6.75. The molecule has 0 saturated carbocycles. The summed E-state index contributed by atoms with van der Waals surface area (Å²) in [6.07, 6.45) is 1.64. The molecule has 0 saturated heterocycles. The van der Waals surface area contributed by atoms with Crippen LogP contribution in [0, 0.1) is 0 Å². The van der Waals surface area contributed by atoms with E-state index in [1.165, 1.54) is 0 Å². The number of rotatable bonds is 4. The molecule has 1 amide bonds. The molecule has 0 spiro atoms. The molecule has 23 heavy (non-hydrogen) atoms. The normalized spacial score (nSPS) is 10.1. The molecule has 2 aromatic carbocycles. The van der Waals surface area contributed by atoms with Gasteiger partial charge in [-0.15, -0.1) is 0 Å². The number of methoxy groups -OCH3 is 1. The average molecular weight is 304 g/mol. The van der Waals surface area contributed by atoms with Gasteiger partial charge in [0.1, 0.15) is 5.75 Å². The van der Waals surface area contributed by atoms with Crippen LogP contribution in [-0.2, 0) is 0 Å². The van der Waals surface area contributed by atoms with Gasteiger partial charge < -0.3 is 10.1 Å². The second-order valence-electron chi connectivity index (χ2n) is 4.98. The number of amides is 1. The quantitative estimate of drug-likeness (QED) is 0.792. The van der Waals surface area contributed by atoms with Crippen molar-refractivity contribution < 1.29 is 9.53 Å². The van der Waals surface area contributed by atoms with Gasteiger partial charge in [0.25, 0.3) is 5.91 Å². The average Bonchev–Trinajstić information content (AvgIpc) is 2.63. The number of pyridine rings is 1. The number of aromatic nitrogens is 1. The number of para-hydroxylation sites is 1. The van der Waals surface area contributed by atoms with Gasteiger partial charge in [-0.25, -0.2) is 0 Å². The van der Waals surface area contributed by atoms with E-state index in [-0.39, 0.29) is 5.91 Å². The van der Waals surface area contributed by atoms with Gasteiger partial charge in [0.05, 0.1) is 12.8 Å². The van der Waals surface area contributed by atoms with Gasteiger partial charge in [-0.05, 0) is 48.5 Å². The number of ether oxygens (including phenoxy) is 1. The first-order valence-corrected chi connectivity index (χ1v) is 7.23. The first-order chi connectivity index (χ1) is 11.3. The lowest BCUT2D eigenvalue weighted by Crippen LogP contribution is -2.12. The van der Waals surface area contributed by atoms with Crippen LogP contribution in [-0.4, -0.2) is 18.0 Å². The molecule has 3 rings (SSSR count). The fraction of sp³-hybridized carbons (Fsp3) is 0.0526. The molecule has 1 N–H and O–H groups in total. The number of nitrogens with one attached hydrogen (secondary N) is 1. The maximum absolute atomic E-state index is 12.3. The molecule has 0 unspecified atom stereocenters. The maximum atomic E-state index is 12.3. The Hall–Kier alpha value is -3.14. The van der Waals surface area contributed by atoms with Crippen molar-refractivity contribution in [2.75, 3.05) is 12.4 Å². The lowest BCUT2D eigenvalue weighted by atomic mass is 10.1. The number of nitrogens with zero attached hydrogens (tertiary/aromatic N) is 1. The molecular weight excluding hydrogens is 288 g/mol. The molecule has 0 bridgehead atoms. The first kappa shape index (κ1) is 14.8. The summed E-state index contributed by atoms with van der Waals surface area (Å²) in [7, 11) is 1.63. The summed E-state index contributed by atoms with van der Waals surface area (Å²) in [6.45, 7) is 0. The predicted molar refractivity (Wildman–Crippen MR) is 90.6 cm³/mol. The number of benzene rings is 2. The van der Waals surface area contributed by atoms with Crippen LogP contribution in [0.1, 0.15) is 10.4 Å². The summed E-state index contributed by atoms with van der Waals surface area (Å²) >= 11 is 0. The summed E-state index contributed by atoms with van der Waals surface area (Å²) < 4.78 is 5.15. The zero-order chi connectivity index (χ0) is 16.1. The van der Waals surface area contributed by atoms with Crippen molar-refractivity contribution in [3.63, 3.8) is 0 Å². The van der Waals surface area contributed by atoms with Gasteiger partial charge in [0, 0.05) is 23.0 Å². The van der Waals surface area contributed by atoms with Crippen molar-refractivity contribution in [3.05, 3.63) is 78.5 Å². The molecule has 114 valence electrons. The Labute approximate surface area is 134 Å². The van der Waals surface area contributed by atoms with E-state index in [9.17, 15) is 4.79 Å². The molecular formula is C19H16N2O2. The monoisotopic (exact) mass is 304 g/mol. The predicted octanol–water partition coefficient (Wildman–Crippen LogP) is 4.01. The Kier molecular flexibility index (Phi) is 4.34. The smallest absolute Gasteiger partial charge is 0.255 e. The minimum Gasteiger partial charge on any atom is -0.497 e. The van der Waals surface area contributed by atoms with Crippen LogP contribution in [0.5, 0.6) is 5.75 Å². The second-order valence-corrected chi connectivity index (χ2v) is 4.98. The molecule has 0 fully saturated rings. The van der Waals surface area contributed by atoms with E-state index in [4.69, 9.17) is 4.74 Å². The third-order valence-corrected chi connectivity index (χ3v) is 3.44. The zero-order valence-electron chi connectivity index (χ0n) is 12.7. The van der Waals surface area contributed by atoms with Crippen LogP contribution in [0.2, 0.25) is 0 Å². The van der Waals surface area contributed by atoms with Crippen molar-refractivity contribution in [1.82, 2.24) is 4.98 Å². The van der Waals surface area contributed by atoms with Crippen LogP contribution < -0.4 is 10.1 Å². The topological polar surface area (TPSA) is 51.2 Å². The Bertz CT molecular complexity index is 799. The van der Waals surface area contributed by atoms with Gasteiger partial charge >= 0.3 is 0 Å². The van der Waals surface area contributed by atoms with Gasteiger partial charge in [-0.3, -0.25) is 9.78 Å². The minimum absolute atomic E-state index is 0.159. The van der Waals surface area contributed by atoms with Crippen LogP contribution >= 0.6 is 0 Å². The molecule has 3 aromatic rings.